The lowest BCUT2D eigenvalue weighted by atomic mass is 10.2. The Balaban J connectivity index is 2.29. The van der Waals surface area contributed by atoms with E-state index in [1.807, 2.05) is 0 Å². The summed E-state index contributed by atoms with van der Waals surface area (Å²) in [6, 6.07) is 4.58. The first-order valence-electron chi connectivity index (χ1n) is 4.37. The molecule has 0 unspecified atom stereocenters. The lowest BCUT2D eigenvalue weighted by Crippen LogP contribution is -2.04. The second-order valence-corrected chi connectivity index (χ2v) is 4.00. The van der Waals surface area contributed by atoms with Crippen LogP contribution in [-0.2, 0) is 6.54 Å². The Hall–Kier alpha value is -1.36. The molecule has 0 amide bonds. The first-order chi connectivity index (χ1) is 7.16. The van der Waals surface area contributed by atoms with Crippen LogP contribution < -0.4 is 5.73 Å². The van der Waals surface area contributed by atoms with Crippen molar-refractivity contribution in [3.05, 3.63) is 46.4 Å². The number of imidazole rings is 1. The molecule has 0 radical (unpaired) electrons. The van der Waals surface area contributed by atoms with Crippen molar-refractivity contribution in [3.63, 3.8) is 0 Å². The Bertz CT molecular complexity index is 481. The van der Waals surface area contributed by atoms with E-state index in [2.05, 4.69) is 20.9 Å². The lowest BCUT2D eigenvalue weighted by Gasteiger charge is -2.06. The van der Waals surface area contributed by atoms with Crippen LogP contribution in [0.4, 0.5) is 10.3 Å². The number of anilines is 1. The summed E-state index contributed by atoms with van der Waals surface area (Å²) >= 11 is 3.30. The van der Waals surface area contributed by atoms with Gasteiger partial charge in [0.1, 0.15) is 5.82 Å². The van der Waals surface area contributed by atoms with Gasteiger partial charge in [-0.1, -0.05) is 22.0 Å². The largest absolute Gasteiger partial charge is 0.369 e. The topological polar surface area (TPSA) is 43.8 Å². The van der Waals surface area contributed by atoms with E-state index in [9.17, 15) is 4.39 Å². The van der Waals surface area contributed by atoms with Crippen molar-refractivity contribution in [2.45, 2.75) is 6.54 Å². The van der Waals surface area contributed by atoms with Crippen molar-refractivity contribution >= 4 is 21.9 Å². The molecule has 0 aliphatic heterocycles. The average Bonchev–Trinajstić information content (AvgIpc) is 2.57. The molecule has 3 nitrogen and oxygen atoms in total. The number of benzene rings is 1. The zero-order valence-electron chi connectivity index (χ0n) is 7.82. The predicted molar refractivity (Wildman–Crippen MR) is 59.8 cm³/mol. The lowest BCUT2D eigenvalue weighted by molar-refractivity contribution is 0.625. The van der Waals surface area contributed by atoms with E-state index in [1.165, 1.54) is 12.1 Å². The van der Waals surface area contributed by atoms with Crippen LogP contribution in [0.25, 0.3) is 0 Å². The molecule has 15 heavy (non-hydrogen) atoms. The van der Waals surface area contributed by atoms with E-state index >= 15 is 0 Å². The molecule has 0 bridgehead atoms. The molecule has 0 atom stereocenters. The summed E-state index contributed by atoms with van der Waals surface area (Å²) in [5, 5.41) is 0. The number of nitrogens with two attached hydrogens (primary N) is 1. The Kier molecular flexibility index (Phi) is 2.73. The monoisotopic (exact) mass is 269 g/mol. The molecule has 0 saturated carbocycles. The van der Waals surface area contributed by atoms with Crippen LogP contribution in [0.15, 0.2) is 35.1 Å². The first-order valence-corrected chi connectivity index (χ1v) is 5.16. The fourth-order valence-electron chi connectivity index (χ4n) is 1.31. The summed E-state index contributed by atoms with van der Waals surface area (Å²) in [6.45, 7) is 0.576. The molecule has 2 N–H and O–H groups in total. The van der Waals surface area contributed by atoms with Crippen molar-refractivity contribution in [3.8, 4) is 0 Å². The quantitative estimate of drug-likeness (QED) is 0.910. The Morgan fingerprint density at radius 1 is 1.47 bits per heavy atom. The highest BCUT2D eigenvalue weighted by Gasteiger charge is 2.04. The van der Waals surface area contributed by atoms with Crippen LogP contribution in [0.1, 0.15) is 5.56 Å². The van der Waals surface area contributed by atoms with Crippen LogP contribution in [-0.4, -0.2) is 9.55 Å². The average molecular weight is 270 g/mol. The third kappa shape index (κ3) is 2.18. The molecule has 0 fully saturated rings. The van der Waals surface area contributed by atoms with Gasteiger partial charge in [-0.3, -0.25) is 0 Å². The van der Waals surface area contributed by atoms with Crippen molar-refractivity contribution in [1.29, 1.82) is 0 Å². The van der Waals surface area contributed by atoms with E-state index in [0.717, 1.165) is 10.0 Å². The molecular weight excluding hydrogens is 261 g/mol. The molecule has 0 saturated heterocycles. The van der Waals surface area contributed by atoms with Crippen LogP contribution in [0.2, 0.25) is 0 Å². The highest BCUT2D eigenvalue weighted by Crippen LogP contribution is 2.19. The fourth-order valence-corrected chi connectivity index (χ4v) is 1.78. The summed E-state index contributed by atoms with van der Waals surface area (Å²) in [5.74, 6) is 0.190. The highest BCUT2D eigenvalue weighted by molar-refractivity contribution is 9.10. The van der Waals surface area contributed by atoms with E-state index < -0.39 is 0 Å². The molecule has 1 aromatic heterocycles. The Morgan fingerprint density at radius 3 is 2.87 bits per heavy atom. The first kappa shape index (κ1) is 10.2. The number of hydrogen-bond donors (Lipinski definition) is 1. The predicted octanol–water partition coefficient (Wildman–Crippen LogP) is 2.42. The second kappa shape index (κ2) is 4.02. The summed E-state index contributed by atoms with van der Waals surface area (Å²) in [5.41, 5.74) is 6.59. The standard InChI is InChI=1S/C10H9BrFN3/c11-9-5-8(12)2-1-7(9)6-15-4-3-14-10(15)13/h1-5H,6H2,(H2,13,14). The van der Waals surface area contributed by atoms with Crippen LogP contribution >= 0.6 is 15.9 Å². The summed E-state index contributed by atoms with van der Waals surface area (Å²) < 4.78 is 15.4. The van der Waals surface area contributed by atoms with Gasteiger partial charge >= 0.3 is 0 Å². The molecular formula is C10H9BrFN3. The van der Waals surface area contributed by atoms with Gasteiger partial charge in [0.25, 0.3) is 0 Å². The third-order valence-corrected chi connectivity index (χ3v) is 2.84. The molecule has 1 heterocycles. The maximum atomic E-state index is 12.8. The van der Waals surface area contributed by atoms with E-state index in [1.54, 1.807) is 23.0 Å². The zero-order chi connectivity index (χ0) is 10.8. The van der Waals surface area contributed by atoms with Gasteiger partial charge < -0.3 is 10.3 Å². The smallest absolute Gasteiger partial charge is 0.200 e. The van der Waals surface area contributed by atoms with Gasteiger partial charge in [-0.15, -0.1) is 0 Å². The number of nitrogen functional groups attached to an aromatic ring is 1. The van der Waals surface area contributed by atoms with Gasteiger partial charge in [0.2, 0.25) is 0 Å². The van der Waals surface area contributed by atoms with E-state index in [4.69, 9.17) is 5.73 Å². The minimum absolute atomic E-state index is 0.260. The van der Waals surface area contributed by atoms with Gasteiger partial charge in [0.15, 0.2) is 5.95 Å². The fraction of sp³-hybridized carbons (Fsp3) is 0.100. The minimum Gasteiger partial charge on any atom is -0.369 e. The molecule has 2 aromatic rings. The molecule has 78 valence electrons. The SMILES string of the molecule is Nc1nccn1Cc1ccc(F)cc1Br. The van der Waals surface area contributed by atoms with Crippen molar-refractivity contribution < 1.29 is 4.39 Å². The van der Waals surface area contributed by atoms with Crippen LogP contribution in [0.3, 0.4) is 0 Å². The maximum Gasteiger partial charge on any atom is 0.200 e. The van der Waals surface area contributed by atoms with Gasteiger partial charge in [0, 0.05) is 16.9 Å². The summed E-state index contributed by atoms with van der Waals surface area (Å²) in [7, 11) is 0. The van der Waals surface area contributed by atoms with Gasteiger partial charge in [0.05, 0.1) is 6.54 Å². The molecule has 0 aliphatic carbocycles. The van der Waals surface area contributed by atoms with Crippen molar-refractivity contribution in [1.82, 2.24) is 9.55 Å². The highest BCUT2D eigenvalue weighted by atomic mass is 79.9. The van der Waals surface area contributed by atoms with Gasteiger partial charge in [-0.25, -0.2) is 9.37 Å². The number of halogens is 2. The van der Waals surface area contributed by atoms with Crippen molar-refractivity contribution in [2.75, 3.05) is 5.73 Å². The molecule has 2 rings (SSSR count). The van der Waals surface area contributed by atoms with Crippen molar-refractivity contribution in [2.24, 2.45) is 0 Å². The summed E-state index contributed by atoms with van der Waals surface area (Å²) in [4.78, 5) is 3.91. The normalized spacial score (nSPS) is 10.5. The molecule has 0 aliphatic rings. The molecule has 1 aromatic carbocycles. The van der Waals surface area contributed by atoms with Crippen LogP contribution in [0.5, 0.6) is 0 Å². The molecule has 5 heteroatoms. The second-order valence-electron chi connectivity index (χ2n) is 3.15. The molecule has 0 spiro atoms. The minimum atomic E-state index is -0.260. The summed E-state index contributed by atoms with van der Waals surface area (Å²) in [6.07, 6.45) is 3.41. The number of hydrogen-bond acceptors (Lipinski definition) is 2. The number of aromatic nitrogens is 2. The van der Waals surface area contributed by atoms with Gasteiger partial charge in [-0.2, -0.15) is 0 Å². The van der Waals surface area contributed by atoms with E-state index in [0.29, 0.717) is 12.5 Å². The zero-order valence-corrected chi connectivity index (χ0v) is 9.41. The Morgan fingerprint density at radius 2 is 2.27 bits per heavy atom. The third-order valence-electron chi connectivity index (χ3n) is 2.10. The van der Waals surface area contributed by atoms with Gasteiger partial charge in [-0.05, 0) is 17.7 Å². The Labute approximate surface area is 94.9 Å². The maximum absolute atomic E-state index is 12.8. The van der Waals surface area contributed by atoms with Crippen LogP contribution in [0, 0.1) is 5.82 Å². The number of rotatable bonds is 2. The van der Waals surface area contributed by atoms with E-state index in [-0.39, 0.29) is 5.82 Å². The number of nitrogens with zero attached hydrogens (tertiary/aromatic N) is 2.